The first-order valence-electron chi connectivity index (χ1n) is 8.33. The molecule has 0 radical (unpaired) electrons. The van der Waals surface area contributed by atoms with Gasteiger partial charge in [-0.1, -0.05) is 18.2 Å². The summed E-state index contributed by atoms with van der Waals surface area (Å²) in [5.41, 5.74) is 4.02. The second-order valence-corrected chi connectivity index (χ2v) is 6.29. The third-order valence-electron chi connectivity index (χ3n) is 4.56. The monoisotopic (exact) mass is 324 g/mol. The molecule has 1 aliphatic heterocycles. The summed E-state index contributed by atoms with van der Waals surface area (Å²) >= 11 is 0. The zero-order valence-electron chi connectivity index (χ0n) is 14.6. The Balaban J connectivity index is 1.78. The van der Waals surface area contributed by atoms with Crippen molar-refractivity contribution in [2.45, 2.75) is 13.8 Å². The first-order chi connectivity index (χ1) is 11.6. The minimum Gasteiger partial charge on any atom is -0.337 e. The van der Waals surface area contributed by atoms with Crippen LogP contribution in [0.5, 0.6) is 0 Å². The van der Waals surface area contributed by atoms with Crippen LogP contribution in [-0.4, -0.2) is 58.7 Å². The van der Waals surface area contributed by atoms with E-state index in [2.05, 4.69) is 17.0 Å². The molecular weight excluding hydrogens is 300 g/mol. The van der Waals surface area contributed by atoms with Gasteiger partial charge in [0.25, 0.3) is 0 Å². The molecule has 1 fully saturated rings. The summed E-state index contributed by atoms with van der Waals surface area (Å²) in [7, 11) is 2.09. The third kappa shape index (κ3) is 3.41. The molecule has 1 aliphatic rings. The van der Waals surface area contributed by atoms with E-state index < -0.39 is 0 Å². The minimum absolute atomic E-state index is 0.0781. The van der Waals surface area contributed by atoms with Crippen LogP contribution in [-0.2, 0) is 4.79 Å². The van der Waals surface area contributed by atoms with Gasteiger partial charge in [-0.25, -0.2) is 4.68 Å². The number of carbonyl (C=O) groups is 1. The van der Waals surface area contributed by atoms with Crippen molar-refractivity contribution in [1.29, 1.82) is 0 Å². The number of hydrogen-bond donors (Lipinski definition) is 0. The Kier molecular flexibility index (Phi) is 4.81. The van der Waals surface area contributed by atoms with Crippen molar-refractivity contribution < 1.29 is 4.79 Å². The Morgan fingerprint density at radius 3 is 2.42 bits per heavy atom. The van der Waals surface area contributed by atoms with Gasteiger partial charge in [-0.3, -0.25) is 4.79 Å². The zero-order chi connectivity index (χ0) is 17.1. The number of rotatable bonds is 3. The van der Waals surface area contributed by atoms with Crippen molar-refractivity contribution in [3.63, 3.8) is 0 Å². The SMILES string of the molecule is Cc1nn(-c2ccccc2)c(C)c1/C=C/C(=O)N1CCN(C)CC1. The van der Waals surface area contributed by atoms with Gasteiger partial charge in [-0.15, -0.1) is 0 Å². The highest BCUT2D eigenvalue weighted by Crippen LogP contribution is 2.19. The molecule has 5 nitrogen and oxygen atoms in total. The van der Waals surface area contributed by atoms with Gasteiger partial charge in [0.1, 0.15) is 0 Å². The molecular formula is C19H24N4O. The lowest BCUT2D eigenvalue weighted by Crippen LogP contribution is -2.46. The van der Waals surface area contributed by atoms with E-state index in [-0.39, 0.29) is 5.91 Å². The summed E-state index contributed by atoms with van der Waals surface area (Å²) < 4.78 is 1.93. The molecule has 0 saturated carbocycles. The number of nitrogens with zero attached hydrogens (tertiary/aromatic N) is 4. The van der Waals surface area contributed by atoms with Crippen molar-refractivity contribution in [3.05, 3.63) is 53.4 Å². The molecule has 0 aliphatic carbocycles. The van der Waals surface area contributed by atoms with Crippen LogP contribution in [0, 0.1) is 13.8 Å². The van der Waals surface area contributed by atoms with Gasteiger partial charge in [0.05, 0.1) is 11.4 Å². The first kappa shape index (κ1) is 16.5. The fraction of sp³-hybridized carbons (Fsp3) is 0.368. The molecule has 0 atom stereocenters. The Morgan fingerprint density at radius 2 is 1.75 bits per heavy atom. The van der Waals surface area contributed by atoms with E-state index in [1.54, 1.807) is 6.08 Å². The van der Waals surface area contributed by atoms with Gasteiger partial charge in [0.15, 0.2) is 0 Å². The predicted molar refractivity (Wildman–Crippen MR) is 96.1 cm³/mol. The number of amides is 1. The lowest BCUT2D eigenvalue weighted by atomic mass is 10.1. The van der Waals surface area contributed by atoms with Crippen molar-refractivity contribution in [2.24, 2.45) is 0 Å². The Hall–Kier alpha value is -2.40. The molecule has 24 heavy (non-hydrogen) atoms. The van der Waals surface area contributed by atoms with Crippen LogP contribution >= 0.6 is 0 Å². The maximum Gasteiger partial charge on any atom is 0.246 e. The van der Waals surface area contributed by atoms with E-state index in [0.29, 0.717) is 0 Å². The molecule has 1 aromatic heterocycles. The molecule has 0 bridgehead atoms. The predicted octanol–water partition coefficient (Wildman–Crippen LogP) is 2.28. The molecule has 0 unspecified atom stereocenters. The van der Waals surface area contributed by atoms with Crippen LogP contribution < -0.4 is 0 Å². The number of carbonyl (C=O) groups excluding carboxylic acids is 1. The van der Waals surface area contributed by atoms with E-state index in [0.717, 1.165) is 48.8 Å². The third-order valence-corrected chi connectivity index (χ3v) is 4.56. The second kappa shape index (κ2) is 7.01. The summed E-state index contributed by atoms with van der Waals surface area (Å²) in [5, 5.41) is 4.61. The van der Waals surface area contributed by atoms with Crippen molar-refractivity contribution >= 4 is 12.0 Å². The Bertz CT molecular complexity index is 740. The van der Waals surface area contributed by atoms with Crippen molar-refractivity contribution in [3.8, 4) is 5.69 Å². The standard InChI is InChI=1S/C19H24N4O/c1-15-18(9-10-19(24)22-13-11-21(3)12-14-22)16(2)23(20-15)17-7-5-4-6-8-17/h4-10H,11-14H2,1-3H3/b10-9+. The highest BCUT2D eigenvalue weighted by molar-refractivity contribution is 5.92. The largest absolute Gasteiger partial charge is 0.337 e. The number of likely N-dealkylation sites (N-methyl/N-ethyl adjacent to an activating group) is 1. The highest BCUT2D eigenvalue weighted by Gasteiger charge is 2.17. The van der Waals surface area contributed by atoms with Gasteiger partial charge in [-0.05, 0) is 39.1 Å². The quantitative estimate of drug-likeness (QED) is 0.814. The van der Waals surface area contributed by atoms with Gasteiger partial charge in [0.2, 0.25) is 5.91 Å². The number of para-hydroxylation sites is 1. The average Bonchev–Trinajstić information content (AvgIpc) is 2.88. The maximum atomic E-state index is 12.4. The van der Waals surface area contributed by atoms with Gasteiger partial charge < -0.3 is 9.80 Å². The second-order valence-electron chi connectivity index (χ2n) is 6.29. The van der Waals surface area contributed by atoms with Gasteiger partial charge in [-0.2, -0.15) is 5.10 Å². The van der Waals surface area contributed by atoms with Gasteiger partial charge >= 0.3 is 0 Å². The van der Waals surface area contributed by atoms with Crippen LogP contribution in [0.2, 0.25) is 0 Å². The number of hydrogen-bond acceptors (Lipinski definition) is 3. The fourth-order valence-corrected chi connectivity index (χ4v) is 3.00. The number of piperazine rings is 1. The van der Waals surface area contributed by atoms with Crippen LogP contribution in [0.25, 0.3) is 11.8 Å². The Morgan fingerprint density at radius 1 is 1.08 bits per heavy atom. The lowest BCUT2D eigenvalue weighted by Gasteiger charge is -2.31. The summed E-state index contributed by atoms with van der Waals surface area (Å²) in [6, 6.07) is 10.0. The van der Waals surface area contributed by atoms with E-state index in [4.69, 9.17) is 0 Å². The van der Waals surface area contributed by atoms with E-state index >= 15 is 0 Å². The summed E-state index contributed by atoms with van der Waals surface area (Å²) in [6.45, 7) is 7.47. The number of benzene rings is 1. The normalized spacial score (nSPS) is 16.0. The smallest absolute Gasteiger partial charge is 0.246 e. The minimum atomic E-state index is 0.0781. The maximum absolute atomic E-state index is 12.4. The van der Waals surface area contributed by atoms with E-state index in [1.807, 2.05) is 59.8 Å². The van der Waals surface area contributed by atoms with Gasteiger partial charge in [0, 0.05) is 43.5 Å². The van der Waals surface area contributed by atoms with Crippen LogP contribution in [0.15, 0.2) is 36.4 Å². The van der Waals surface area contributed by atoms with E-state index in [9.17, 15) is 4.79 Å². The van der Waals surface area contributed by atoms with E-state index in [1.165, 1.54) is 0 Å². The average molecular weight is 324 g/mol. The topological polar surface area (TPSA) is 41.4 Å². The molecule has 0 spiro atoms. The molecule has 126 valence electrons. The number of aryl methyl sites for hydroxylation is 1. The zero-order valence-corrected chi connectivity index (χ0v) is 14.6. The summed E-state index contributed by atoms with van der Waals surface area (Å²) in [6.07, 6.45) is 3.58. The molecule has 1 saturated heterocycles. The highest BCUT2D eigenvalue weighted by atomic mass is 16.2. The van der Waals surface area contributed by atoms with Crippen molar-refractivity contribution in [1.82, 2.24) is 19.6 Å². The molecule has 2 aromatic rings. The fourth-order valence-electron chi connectivity index (χ4n) is 3.00. The number of aromatic nitrogens is 2. The van der Waals surface area contributed by atoms with Crippen LogP contribution in [0.3, 0.4) is 0 Å². The molecule has 3 rings (SSSR count). The molecule has 1 amide bonds. The molecule has 5 heteroatoms. The van der Waals surface area contributed by atoms with Crippen molar-refractivity contribution in [2.75, 3.05) is 33.2 Å². The molecule has 2 heterocycles. The molecule has 1 aromatic carbocycles. The Labute approximate surface area is 143 Å². The van der Waals surface area contributed by atoms with Crippen LogP contribution in [0.4, 0.5) is 0 Å². The van der Waals surface area contributed by atoms with Crippen LogP contribution in [0.1, 0.15) is 17.0 Å². The summed E-state index contributed by atoms with van der Waals surface area (Å²) in [4.78, 5) is 16.5. The first-order valence-corrected chi connectivity index (χ1v) is 8.33. The lowest BCUT2D eigenvalue weighted by molar-refractivity contribution is -0.127. The summed E-state index contributed by atoms with van der Waals surface area (Å²) in [5.74, 6) is 0.0781. The molecule has 0 N–H and O–H groups in total.